The predicted octanol–water partition coefficient (Wildman–Crippen LogP) is 4.41. The molecule has 2 aromatic rings. The summed E-state index contributed by atoms with van der Waals surface area (Å²) < 4.78 is 24.9. The molecule has 0 aliphatic carbocycles. The number of hydrogen-bond acceptors (Lipinski definition) is 3. The molecule has 5 heteroatoms. The second-order valence-electron chi connectivity index (χ2n) is 4.34. The Labute approximate surface area is 125 Å². The van der Waals surface area contributed by atoms with Gasteiger partial charge < -0.3 is 15.2 Å². The molecule has 0 radical (unpaired) electrons. The van der Waals surface area contributed by atoms with Crippen molar-refractivity contribution in [2.75, 3.05) is 7.11 Å². The van der Waals surface area contributed by atoms with Crippen molar-refractivity contribution in [3.05, 3.63) is 52.3 Å². The Hall–Kier alpha value is -1.59. The van der Waals surface area contributed by atoms with Gasteiger partial charge in [-0.05, 0) is 47.1 Å². The molecule has 2 N–H and O–H groups in total. The highest BCUT2D eigenvalue weighted by atomic mass is 79.9. The molecule has 2 aromatic carbocycles. The summed E-state index contributed by atoms with van der Waals surface area (Å²) in [5.74, 6) is 1.23. The fourth-order valence-electron chi connectivity index (χ4n) is 1.91. The van der Waals surface area contributed by atoms with Crippen molar-refractivity contribution in [3.8, 4) is 17.2 Å². The van der Waals surface area contributed by atoms with E-state index in [0.29, 0.717) is 21.7 Å². The Bertz CT molecular complexity index is 617. The number of benzene rings is 2. The standard InChI is InChI=1S/C15H15BrFNO2/c1-9(18)15-13(19-2)4-3-5-14(15)20-10-6-7-11(16)12(17)8-10/h3-9H,18H2,1-2H3/t9-/m0/s1. The molecular weight excluding hydrogens is 325 g/mol. The number of nitrogens with two attached hydrogens (primary N) is 1. The molecule has 0 heterocycles. The highest BCUT2D eigenvalue weighted by Crippen LogP contribution is 2.36. The molecule has 0 saturated carbocycles. The van der Waals surface area contributed by atoms with E-state index in [9.17, 15) is 4.39 Å². The number of ether oxygens (including phenoxy) is 2. The number of halogens is 2. The maximum Gasteiger partial charge on any atom is 0.141 e. The highest BCUT2D eigenvalue weighted by Gasteiger charge is 2.15. The van der Waals surface area contributed by atoms with E-state index in [1.54, 1.807) is 31.4 Å². The van der Waals surface area contributed by atoms with Gasteiger partial charge in [-0.2, -0.15) is 0 Å². The van der Waals surface area contributed by atoms with Crippen LogP contribution in [0.3, 0.4) is 0 Å². The Morgan fingerprint density at radius 3 is 2.50 bits per heavy atom. The van der Waals surface area contributed by atoms with Crippen molar-refractivity contribution in [3.63, 3.8) is 0 Å². The van der Waals surface area contributed by atoms with Crippen LogP contribution in [0.2, 0.25) is 0 Å². The van der Waals surface area contributed by atoms with Crippen LogP contribution >= 0.6 is 15.9 Å². The summed E-state index contributed by atoms with van der Waals surface area (Å²) in [4.78, 5) is 0. The largest absolute Gasteiger partial charge is 0.496 e. The lowest BCUT2D eigenvalue weighted by Crippen LogP contribution is -2.08. The van der Waals surface area contributed by atoms with Gasteiger partial charge in [-0.1, -0.05) is 6.07 Å². The highest BCUT2D eigenvalue weighted by molar-refractivity contribution is 9.10. The van der Waals surface area contributed by atoms with Gasteiger partial charge in [0.15, 0.2) is 0 Å². The smallest absolute Gasteiger partial charge is 0.141 e. The fourth-order valence-corrected chi connectivity index (χ4v) is 2.15. The molecule has 3 nitrogen and oxygen atoms in total. The number of methoxy groups -OCH3 is 1. The van der Waals surface area contributed by atoms with E-state index in [0.717, 1.165) is 5.56 Å². The van der Waals surface area contributed by atoms with Crippen molar-refractivity contribution in [2.24, 2.45) is 5.73 Å². The van der Waals surface area contributed by atoms with Crippen LogP contribution < -0.4 is 15.2 Å². The zero-order valence-corrected chi connectivity index (χ0v) is 12.8. The summed E-state index contributed by atoms with van der Waals surface area (Å²) in [6.07, 6.45) is 0. The van der Waals surface area contributed by atoms with Gasteiger partial charge >= 0.3 is 0 Å². The summed E-state index contributed by atoms with van der Waals surface area (Å²) in [5.41, 5.74) is 6.71. The molecule has 0 fully saturated rings. The molecular formula is C15H15BrFNO2. The van der Waals surface area contributed by atoms with E-state index in [-0.39, 0.29) is 11.9 Å². The maximum absolute atomic E-state index is 13.5. The fraction of sp³-hybridized carbons (Fsp3) is 0.200. The quantitative estimate of drug-likeness (QED) is 0.897. The zero-order chi connectivity index (χ0) is 14.7. The molecule has 0 unspecified atom stereocenters. The van der Waals surface area contributed by atoms with Crippen LogP contribution in [0.1, 0.15) is 18.5 Å². The van der Waals surface area contributed by atoms with Crippen LogP contribution in [0.25, 0.3) is 0 Å². The minimum Gasteiger partial charge on any atom is -0.496 e. The lowest BCUT2D eigenvalue weighted by Gasteiger charge is -2.17. The summed E-state index contributed by atoms with van der Waals surface area (Å²) in [6.45, 7) is 1.84. The maximum atomic E-state index is 13.5. The van der Waals surface area contributed by atoms with Gasteiger partial charge in [0.05, 0.1) is 17.1 Å². The monoisotopic (exact) mass is 339 g/mol. The van der Waals surface area contributed by atoms with Crippen LogP contribution in [0.5, 0.6) is 17.2 Å². The molecule has 0 saturated heterocycles. The van der Waals surface area contributed by atoms with E-state index in [1.165, 1.54) is 6.07 Å². The molecule has 0 aromatic heterocycles. The van der Waals surface area contributed by atoms with Crippen molar-refractivity contribution in [2.45, 2.75) is 13.0 Å². The van der Waals surface area contributed by atoms with Crippen LogP contribution in [-0.4, -0.2) is 7.11 Å². The average molecular weight is 340 g/mol. The van der Waals surface area contributed by atoms with Gasteiger partial charge in [-0.3, -0.25) is 0 Å². The first-order valence-corrected chi connectivity index (χ1v) is 6.87. The number of hydrogen-bond donors (Lipinski definition) is 1. The van der Waals surface area contributed by atoms with Gasteiger partial charge in [0, 0.05) is 12.1 Å². The number of rotatable bonds is 4. The first-order chi connectivity index (χ1) is 9.52. The van der Waals surface area contributed by atoms with Crippen molar-refractivity contribution < 1.29 is 13.9 Å². The third kappa shape index (κ3) is 3.11. The molecule has 0 bridgehead atoms. The molecule has 106 valence electrons. The first-order valence-electron chi connectivity index (χ1n) is 6.08. The second kappa shape index (κ2) is 6.24. The Balaban J connectivity index is 2.40. The van der Waals surface area contributed by atoms with Gasteiger partial charge in [-0.15, -0.1) is 0 Å². The Morgan fingerprint density at radius 1 is 1.20 bits per heavy atom. The second-order valence-corrected chi connectivity index (χ2v) is 5.19. The van der Waals surface area contributed by atoms with Crippen LogP contribution in [0.4, 0.5) is 4.39 Å². The Morgan fingerprint density at radius 2 is 1.90 bits per heavy atom. The SMILES string of the molecule is COc1cccc(Oc2ccc(Br)c(F)c2)c1[C@H](C)N. The molecule has 20 heavy (non-hydrogen) atoms. The summed E-state index contributed by atoms with van der Waals surface area (Å²) >= 11 is 3.10. The third-order valence-electron chi connectivity index (χ3n) is 2.82. The van der Waals surface area contributed by atoms with Gasteiger partial charge in [0.25, 0.3) is 0 Å². The van der Waals surface area contributed by atoms with Crippen molar-refractivity contribution in [1.29, 1.82) is 0 Å². The van der Waals surface area contributed by atoms with E-state index in [2.05, 4.69) is 15.9 Å². The normalized spacial score (nSPS) is 12.1. The zero-order valence-electron chi connectivity index (χ0n) is 11.2. The van der Waals surface area contributed by atoms with E-state index >= 15 is 0 Å². The summed E-state index contributed by atoms with van der Waals surface area (Å²) in [5, 5.41) is 0. The predicted molar refractivity (Wildman–Crippen MR) is 79.8 cm³/mol. The minimum atomic E-state index is -0.382. The lowest BCUT2D eigenvalue weighted by atomic mass is 10.1. The lowest BCUT2D eigenvalue weighted by molar-refractivity contribution is 0.397. The molecule has 2 rings (SSSR count). The van der Waals surface area contributed by atoms with Gasteiger partial charge in [0.2, 0.25) is 0 Å². The van der Waals surface area contributed by atoms with Crippen molar-refractivity contribution in [1.82, 2.24) is 0 Å². The van der Waals surface area contributed by atoms with Crippen LogP contribution in [0.15, 0.2) is 40.9 Å². The molecule has 0 aliphatic rings. The third-order valence-corrected chi connectivity index (χ3v) is 3.46. The average Bonchev–Trinajstić information content (AvgIpc) is 2.42. The van der Waals surface area contributed by atoms with Crippen LogP contribution in [0, 0.1) is 5.82 Å². The molecule has 0 amide bonds. The summed E-state index contributed by atoms with van der Waals surface area (Å²) in [7, 11) is 1.57. The Kier molecular flexibility index (Phi) is 4.62. The first kappa shape index (κ1) is 14.8. The topological polar surface area (TPSA) is 44.5 Å². The van der Waals surface area contributed by atoms with Crippen molar-refractivity contribution >= 4 is 15.9 Å². The van der Waals surface area contributed by atoms with E-state index in [1.807, 2.05) is 13.0 Å². The minimum absolute atomic E-state index is 0.263. The van der Waals surface area contributed by atoms with Crippen LogP contribution in [-0.2, 0) is 0 Å². The van der Waals surface area contributed by atoms with E-state index < -0.39 is 0 Å². The summed E-state index contributed by atoms with van der Waals surface area (Å²) in [6, 6.07) is 9.72. The van der Waals surface area contributed by atoms with E-state index in [4.69, 9.17) is 15.2 Å². The van der Waals surface area contributed by atoms with Gasteiger partial charge in [-0.25, -0.2) is 4.39 Å². The van der Waals surface area contributed by atoms with Gasteiger partial charge in [0.1, 0.15) is 23.1 Å². The molecule has 0 aliphatic heterocycles. The molecule has 1 atom stereocenters. The molecule has 0 spiro atoms.